The van der Waals surface area contributed by atoms with Crippen molar-refractivity contribution in [1.82, 2.24) is 5.73 Å². The van der Waals surface area contributed by atoms with E-state index in [0.717, 1.165) is 12.8 Å². The minimum Gasteiger partial charge on any atom is -0.368 e. The standard InChI is InChI=1S/C5H8NO2/c6-5(7)4-2-1-3-8-4/h4,6H,1-3H2/t4-/m0/s1. The zero-order valence-electron chi connectivity index (χ0n) is 4.52. The summed E-state index contributed by atoms with van der Waals surface area (Å²) in [7, 11) is 0. The topological polar surface area (TPSA) is 50.1 Å². The predicted molar refractivity (Wildman–Crippen MR) is 27.1 cm³/mol. The Balaban J connectivity index is 2.35. The van der Waals surface area contributed by atoms with Crippen molar-refractivity contribution in [3.63, 3.8) is 0 Å². The number of amides is 1. The lowest BCUT2D eigenvalue weighted by Crippen LogP contribution is -2.19. The fourth-order valence-corrected chi connectivity index (χ4v) is 0.784. The van der Waals surface area contributed by atoms with E-state index in [4.69, 9.17) is 10.5 Å². The minimum atomic E-state index is -0.581. The van der Waals surface area contributed by atoms with Crippen LogP contribution in [0.1, 0.15) is 12.8 Å². The molecule has 1 radical (unpaired) electrons. The summed E-state index contributed by atoms with van der Waals surface area (Å²) in [5.41, 5.74) is 6.61. The van der Waals surface area contributed by atoms with E-state index >= 15 is 0 Å². The fourth-order valence-electron chi connectivity index (χ4n) is 0.784. The third-order valence-electron chi connectivity index (χ3n) is 1.22. The number of hydrogen-bond acceptors (Lipinski definition) is 2. The molecule has 0 aromatic rings. The summed E-state index contributed by atoms with van der Waals surface area (Å²) in [6.45, 7) is 0.648. The van der Waals surface area contributed by atoms with E-state index in [0.29, 0.717) is 6.61 Å². The van der Waals surface area contributed by atoms with Crippen molar-refractivity contribution in [3.8, 4) is 0 Å². The van der Waals surface area contributed by atoms with Crippen LogP contribution in [0.3, 0.4) is 0 Å². The minimum absolute atomic E-state index is 0.407. The lowest BCUT2D eigenvalue weighted by Gasteiger charge is -1.99. The van der Waals surface area contributed by atoms with E-state index in [1.165, 1.54) is 0 Å². The molecule has 0 saturated carbocycles. The van der Waals surface area contributed by atoms with Gasteiger partial charge in [0.15, 0.2) is 0 Å². The molecule has 0 bridgehead atoms. The molecular formula is C5H8NO2. The van der Waals surface area contributed by atoms with Gasteiger partial charge >= 0.3 is 0 Å². The zero-order valence-corrected chi connectivity index (χ0v) is 4.52. The predicted octanol–water partition coefficient (Wildman–Crippen LogP) is -0.0251. The molecule has 1 N–H and O–H groups in total. The molecule has 1 fully saturated rings. The largest absolute Gasteiger partial charge is 0.368 e. The zero-order chi connectivity index (χ0) is 5.98. The van der Waals surface area contributed by atoms with E-state index < -0.39 is 12.0 Å². The maximum Gasteiger partial charge on any atom is 0.267 e. The van der Waals surface area contributed by atoms with Crippen LogP contribution in [0.2, 0.25) is 0 Å². The molecule has 1 amide bonds. The molecule has 1 heterocycles. The van der Waals surface area contributed by atoms with Gasteiger partial charge in [-0.1, -0.05) is 0 Å². The van der Waals surface area contributed by atoms with Gasteiger partial charge in [0.05, 0.1) is 0 Å². The molecule has 0 unspecified atom stereocenters. The van der Waals surface area contributed by atoms with Crippen LogP contribution in [-0.2, 0) is 9.53 Å². The van der Waals surface area contributed by atoms with Gasteiger partial charge in [-0.15, -0.1) is 0 Å². The number of carbonyl (C=O) groups is 1. The molecular weight excluding hydrogens is 106 g/mol. The molecule has 3 heteroatoms. The van der Waals surface area contributed by atoms with Crippen LogP contribution in [0.5, 0.6) is 0 Å². The van der Waals surface area contributed by atoms with Crippen LogP contribution in [0.25, 0.3) is 0 Å². The van der Waals surface area contributed by atoms with Crippen molar-refractivity contribution < 1.29 is 9.53 Å². The molecule has 1 saturated heterocycles. The van der Waals surface area contributed by atoms with E-state index in [2.05, 4.69) is 0 Å². The van der Waals surface area contributed by atoms with Gasteiger partial charge in [0.2, 0.25) is 0 Å². The highest BCUT2D eigenvalue weighted by Crippen LogP contribution is 2.10. The Morgan fingerprint density at radius 3 is 2.75 bits per heavy atom. The van der Waals surface area contributed by atoms with Gasteiger partial charge in [-0.25, -0.2) is 0 Å². The first-order valence-corrected chi connectivity index (χ1v) is 2.68. The van der Waals surface area contributed by atoms with Crippen molar-refractivity contribution in [2.45, 2.75) is 18.9 Å². The van der Waals surface area contributed by atoms with E-state index in [1.807, 2.05) is 0 Å². The van der Waals surface area contributed by atoms with Crippen molar-refractivity contribution >= 4 is 5.91 Å². The number of ether oxygens (including phenoxy) is 1. The van der Waals surface area contributed by atoms with Crippen LogP contribution in [0.4, 0.5) is 0 Å². The Labute approximate surface area is 47.8 Å². The Hall–Kier alpha value is -0.570. The van der Waals surface area contributed by atoms with Crippen LogP contribution < -0.4 is 5.73 Å². The smallest absolute Gasteiger partial charge is 0.267 e. The maximum absolute atomic E-state index is 10.2. The lowest BCUT2D eigenvalue weighted by molar-refractivity contribution is -0.127. The summed E-state index contributed by atoms with van der Waals surface area (Å²) in [6.07, 6.45) is 1.26. The molecule has 0 aromatic heterocycles. The van der Waals surface area contributed by atoms with Crippen LogP contribution in [0.15, 0.2) is 0 Å². The molecule has 3 nitrogen and oxygen atoms in total. The second-order valence-electron chi connectivity index (χ2n) is 1.87. The highest BCUT2D eigenvalue weighted by atomic mass is 16.5. The summed E-state index contributed by atoms with van der Waals surface area (Å²) in [4.78, 5) is 10.2. The van der Waals surface area contributed by atoms with Gasteiger partial charge in [0.25, 0.3) is 5.91 Å². The number of carbonyl (C=O) groups excluding carboxylic acids is 1. The summed E-state index contributed by atoms with van der Waals surface area (Å²) in [5, 5.41) is 0. The molecule has 0 aromatic carbocycles. The molecule has 1 aliphatic rings. The normalized spacial score (nSPS) is 28.2. The van der Waals surface area contributed by atoms with E-state index in [9.17, 15) is 4.79 Å². The Bertz CT molecular complexity index is 96.6. The van der Waals surface area contributed by atoms with Crippen molar-refractivity contribution in [2.75, 3.05) is 6.61 Å². The average molecular weight is 114 g/mol. The summed E-state index contributed by atoms with van der Waals surface area (Å²) >= 11 is 0. The summed E-state index contributed by atoms with van der Waals surface area (Å²) in [6, 6.07) is 0. The first-order chi connectivity index (χ1) is 3.80. The van der Waals surface area contributed by atoms with Crippen molar-refractivity contribution in [2.24, 2.45) is 0 Å². The first-order valence-electron chi connectivity index (χ1n) is 2.68. The Morgan fingerprint density at radius 1 is 1.75 bits per heavy atom. The maximum atomic E-state index is 10.2. The summed E-state index contributed by atoms with van der Waals surface area (Å²) < 4.78 is 4.88. The highest BCUT2D eigenvalue weighted by molar-refractivity contribution is 5.78. The van der Waals surface area contributed by atoms with Crippen molar-refractivity contribution in [1.29, 1.82) is 0 Å². The fraction of sp³-hybridized carbons (Fsp3) is 0.800. The van der Waals surface area contributed by atoms with Crippen LogP contribution >= 0.6 is 0 Å². The number of rotatable bonds is 1. The lowest BCUT2D eigenvalue weighted by atomic mass is 10.2. The highest BCUT2D eigenvalue weighted by Gasteiger charge is 2.20. The average Bonchev–Trinajstić information content (AvgIpc) is 2.12. The Kier molecular flexibility index (Phi) is 1.48. The van der Waals surface area contributed by atoms with Crippen LogP contribution in [0, 0.1) is 0 Å². The molecule has 1 rings (SSSR count). The third-order valence-corrected chi connectivity index (χ3v) is 1.22. The third kappa shape index (κ3) is 0.980. The molecule has 1 aliphatic heterocycles. The van der Waals surface area contributed by atoms with Gasteiger partial charge in [0.1, 0.15) is 6.10 Å². The monoisotopic (exact) mass is 114 g/mol. The molecule has 45 valence electrons. The van der Waals surface area contributed by atoms with Crippen LogP contribution in [-0.4, -0.2) is 18.6 Å². The quantitative estimate of drug-likeness (QED) is 0.480. The summed E-state index contributed by atoms with van der Waals surface area (Å²) in [5.74, 6) is -0.581. The van der Waals surface area contributed by atoms with Gasteiger partial charge in [0, 0.05) is 6.61 Å². The van der Waals surface area contributed by atoms with Gasteiger partial charge < -0.3 is 4.74 Å². The van der Waals surface area contributed by atoms with Gasteiger partial charge in [-0.3, -0.25) is 10.5 Å². The first kappa shape index (κ1) is 5.56. The number of nitrogens with one attached hydrogen (secondary N) is 1. The Morgan fingerprint density at radius 2 is 2.50 bits per heavy atom. The molecule has 0 spiro atoms. The van der Waals surface area contributed by atoms with Gasteiger partial charge in [-0.2, -0.15) is 0 Å². The molecule has 0 aliphatic carbocycles. The second kappa shape index (κ2) is 2.13. The van der Waals surface area contributed by atoms with E-state index in [1.54, 1.807) is 0 Å². The van der Waals surface area contributed by atoms with Gasteiger partial charge in [-0.05, 0) is 12.8 Å². The molecule has 8 heavy (non-hydrogen) atoms. The molecule has 1 atom stereocenters. The SMILES string of the molecule is [NH]C(=O)[C@@H]1CCCO1. The van der Waals surface area contributed by atoms with E-state index in [-0.39, 0.29) is 0 Å². The number of hydrogen-bond donors (Lipinski definition) is 0. The van der Waals surface area contributed by atoms with Crippen molar-refractivity contribution in [3.05, 3.63) is 0 Å². The second-order valence-corrected chi connectivity index (χ2v) is 1.87.